The monoisotopic (exact) mass is 231 g/mol. The molecule has 0 spiro atoms. The van der Waals surface area contributed by atoms with E-state index in [9.17, 15) is 0 Å². The summed E-state index contributed by atoms with van der Waals surface area (Å²) in [5.41, 5.74) is 9.42. The molecule has 0 radical (unpaired) electrons. The van der Waals surface area contributed by atoms with Gasteiger partial charge in [-0.2, -0.15) is 0 Å². The summed E-state index contributed by atoms with van der Waals surface area (Å²) in [5, 5.41) is 0. The third kappa shape index (κ3) is 2.26. The topological polar surface area (TPSA) is 26.0 Å². The molecular weight excluding hydrogens is 206 g/mol. The summed E-state index contributed by atoms with van der Waals surface area (Å²) in [6.45, 7) is 9.03. The van der Waals surface area contributed by atoms with Crippen LogP contribution in [-0.2, 0) is 11.0 Å². The van der Waals surface area contributed by atoms with E-state index in [0.717, 1.165) is 6.42 Å². The van der Waals surface area contributed by atoms with Gasteiger partial charge in [-0.05, 0) is 35.3 Å². The molecule has 0 bridgehead atoms. The minimum atomic E-state index is -0.0869. The van der Waals surface area contributed by atoms with Gasteiger partial charge in [-0.1, -0.05) is 58.4 Å². The molecule has 1 fully saturated rings. The van der Waals surface area contributed by atoms with Gasteiger partial charge in [-0.15, -0.1) is 0 Å². The fourth-order valence-electron chi connectivity index (χ4n) is 2.91. The van der Waals surface area contributed by atoms with Crippen LogP contribution in [0.2, 0.25) is 0 Å². The number of nitrogens with two attached hydrogens (primary N) is 1. The van der Waals surface area contributed by atoms with Crippen molar-refractivity contribution < 1.29 is 0 Å². The highest BCUT2D eigenvalue weighted by Crippen LogP contribution is 2.41. The fraction of sp³-hybridized carbons (Fsp3) is 0.625. The Labute approximate surface area is 105 Å². The van der Waals surface area contributed by atoms with Crippen molar-refractivity contribution in [3.05, 3.63) is 35.4 Å². The molecule has 0 aromatic heterocycles. The van der Waals surface area contributed by atoms with E-state index >= 15 is 0 Å². The first-order valence-corrected chi connectivity index (χ1v) is 6.74. The summed E-state index contributed by atoms with van der Waals surface area (Å²) >= 11 is 0. The van der Waals surface area contributed by atoms with Crippen molar-refractivity contribution in [1.82, 2.24) is 0 Å². The Kier molecular flexibility index (Phi) is 3.07. The standard InChI is InChI=1S/C16H25N/c1-12-6-5-11-16(12,17)14-9-7-13(8-10-14)15(2,3)4/h7-10,12H,5-6,11,17H2,1-4H3. The van der Waals surface area contributed by atoms with Gasteiger partial charge < -0.3 is 5.73 Å². The lowest BCUT2D eigenvalue weighted by Gasteiger charge is -2.30. The molecule has 1 nitrogen and oxygen atoms in total. The van der Waals surface area contributed by atoms with Crippen LogP contribution in [0.15, 0.2) is 24.3 Å². The van der Waals surface area contributed by atoms with Crippen molar-refractivity contribution in [3.63, 3.8) is 0 Å². The summed E-state index contributed by atoms with van der Waals surface area (Å²) in [4.78, 5) is 0. The predicted molar refractivity (Wildman–Crippen MR) is 74.0 cm³/mol. The zero-order valence-electron chi connectivity index (χ0n) is 11.6. The summed E-state index contributed by atoms with van der Waals surface area (Å²) in [5.74, 6) is 0.600. The SMILES string of the molecule is CC1CCCC1(N)c1ccc(C(C)(C)C)cc1. The first-order chi connectivity index (χ1) is 7.84. The van der Waals surface area contributed by atoms with Crippen LogP contribution >= 0.6 is 0 Å². The molecule has 2 N–H and O–H groups in total. The summed E-state index contributed by atoms with van der Waals surface area (Å²) in [6, 6.07) is 8.97. The first-order valence-electron chi connectivity index (χ1n) is 6.74. The minimum absolute atomic E-state index is 0.0869. The van der Waals surface area contributed by atoms with E-state index in [0.29, 0.717) is 5.92 Å². The minimum Gasteiger partial charge on any atom is -0.321 e. The summed E-state index contributed by atoms with van der Waals surface area (Å²) in [6.07, 6.45) is 3.65. The van der Waals surface area contributed by atoms with Crippen molar-refractivity contribution >= 4 is 0 Å². The molecule has 1 heteroatoms. The van der Waals surface area contributed by atoms with Gasteiger partial charge in [-0.25, -0.2) is 0 Å². The predicted octanol–water partition coefficient (Wildman–Crippen LogP) is 3.96. The van der Waals surface area contributed by atoms with Crippen molar-refractivity contribution in [1.29, 1.82) is 0 Å². The molecular formula is C16H25N. The third-order valence-corrected chi connectivity index (χ3v) is 4.40. The summed E-state index contributed by atoms with van der Waals surface area (Å²) < 4.78 is 0. The van der Waals surface area contributed by atoms with Crippen LogP contribution in [0.5, 0.6) is 0 Å². The Morgan fingerprint density at radius 3 is 2.18 bits per heavy atom. The zero-order valence-corrected chi connectivity index (χ0v) is 11.6. The van der Waals surface area contributed by atoms with E-state index in [1.807, 2.05) is 0 Å². The lowest BCUT2D eigenvalue weighted by Crippen LogP contribution is -2.39. The van der Waals surface area contributed by atoms with E-state index in [-0.39, 0.29) is 11.0 Å². The highest BCUT2D eigenvalue weighted by molar-refractivity contribution is 5.32. The van der Waals surface area contributed by atoms with Crippen LogP contribution in [0.1, 0.15) is 58.1 Å². The van der Waals surface area contributed by atoms with Crippen LogP contribution in [-0.4, -0.2) is 0 Å². The molecule has 0 amide bonds. The number of hydrogen-bond acceptors (Lipinski definition) is 1. The average molecular weight is 231 g/mol. The van der Waals surface area contributed by atoms with Gasteiger partial charge in [0.05, 0.1) is 0 Å². The highest BCUT2D eigenvalue weighted by atomic mass is 14.8. The average Bonchev–Trinajstić information content (AvgIpc) is 2.60. The Hall–Kier alpha value is -0.820. The first kappa shape index (κ1) is 12.6. The smallest absolute Gasteiger partial charge is 0.0435 e. The molecule has 0 saturated heterocycles. The van der Waals surface area contributed by atoms with E-state index in [1.54, 1.807) is 0 Å². The normalized spacial score (nSPS) is 29.6. The van der Waals surface area contributed by atoms with Gasteiger partial charge in [0.15, 0.2) is 0 Å². The summed E-state index contributed by atoms with van der Waals surface area (Å²) in [7, 11) is 0. The van der Waals surface area contributed by atoms with Gasteiger partial charge in [0, 0.05) is 5.54 Å². The van der Waals surface area contributed by atoms with E-state index in [2.05, 4.69) is 52.0 Å². The van der Waals surface area contributed by atoms with Gasteiger partial charge >= 0.3 is 0 Å². The zero-order chi connectivity index (χ0) is 12.7. The number of rotatable bonds is 1. The number of hydrogen-bond donors (Lipinski definition) is 1. The molecule has 17 heavy (non-hydrogen) atoms. The second-order valence-corrected chi connectivity index (χ2v) is 6.66. The van der Waals surface area contributed by atoms with Gasteiger partial charge in [0.1, 0.15) is 0 Å². The second kappa shape index (κ2) is 4.13. The molecule has 94 valence electrons. The Morgan fingerprint density at radius 1 is 1.18 bits per heavy atom. The lowest BCUT2D eigenvalue weighted by molar-refractivity contribution is 0.349. The highest BCUT2D eigenvalue weighted by Gasteiger charge is 2.37. The van der Waals surface area contributed by atoms with Crippen LogP contribution in [0.25, 0.3) is 0 Å². The maximum atomic E-state index is 6.58. The number of benzene rings is 1. The quantitative estimate of drug-likeness (QED) is 0.778. The van der Waals surface area contributed by atoms with Crippen LogP contribution in [0.3, 0.4) is 0 Å². The molecule has 2 rings (SSSR count). The van der Waals surface area contributed by atoms with Gasteiger partial charge in [0.25, 0.3) is 0 Å². The van der Waals surface area contributed by atoms with Gasteiger partial charge in [-0.3, -0.25) is 0 Å². The van der Waals surface area contributed by atoms with Crippen molar-refractivity contribution in [2.24, 2.45) is 11.7 Å². The van der Waals surface area contributed by atoms with Crippen LogP contribution in [0, 0.1) is 5.92 Å². The van der Waals surface area contributed by atoms with Crippen molar-refractivity contribution in [3.8, 4) is 0 Å². The molecule has 1 aliphatic rings. The largest absolute Gasteiger partial charge is 0.321 e. The molecule has 1 aromatic rings. The maximum Gasteiger partial charge on any atom is 0.0435 e. The molecule has 2 unspecified atom stereocenters. The van der Waals surface area contributed by atoms with E-state index in [4.69, 9.17) is 5.73 Å². The molecule has 2 atom stereocenters. The van der Waals surface area contributed by atoms with Gasteiger partial charge in [0.2, 0.25) is 0 Å². The van der Waals surface area contributed by atoms with Crippen LogP contribution in [0.4, 0.5) is 0 Å². The Morgan fingerprint density at radius 2 is 1.76 bits per heavy atom. The lowest BCUT2D eigenvalue weighted by atomic mass is 9.80. The van der Waals surface area contributed by atoms with E-state index < -0.39 is 0 Å². The molecule has 0 aliphatic heterocycles. The third-order valence-electron chi connectivity index (χ3n) is 4.40. The molecule has 1 aromatic carbocycles. The molecule has 1 saturated carbocycles. The fourth-order valence-corrected chi connectivity index (χ4v) is 2.91. The molecule has 1 aliphatic carbocycles. The van der Waals surface area contributed by atoms with E-state index in [1.165, 1.54) is 24.0 Å². The Bertz CT molecular complexity index is 385. The Balaban J connectivity index is 2.30. The second-order valence-electron chi connectivity index (χ2n) is 6.66. The van der Waals surface area contributed by atoms with Crippen LogP contribution < -0.4 is 5.73 Å². The van der Waals surface area contributed by atoms with Crippen molar-refractivity contribution in [2.45, 2.75) is 57.9 Å². The molecule has 0 heterocycles. The van der Waals surface area contributed by atoms with Crippen molar-refractivity contribution in [2.75, 3.05) is 0 Å². The maximum absolute atomic E-state index is 6.58.